The van der Waals surface area contributed by atoms with Crippen molar-refractivity contribution in [3.8, 4) is 0 Å². The molecule has 0 radical (unpaired) electrons. The lowest BCUT2D eigenvalue weighted by Gasteiger charge is -2.03. The Morgan fingerprint density at radius 3 is 2.62 bits per heavy atom. The average molecular weight is 262 g/mol. The zero-order valence-corrected chi connectivity index (χ0v) is 9.61. The van der Waals surface area contributed by atoms with Gasteiger partial charge in [0.15, 0.2) is 0 Å². The summed E-state index contributed by atoms with van der Waals surface area (Å²) in [6, 6.07) is 3.48. The third kappa shape index (κ3) is 2.22. The predicted octanol–water partition coefficient (Wildman–Crippen LogP) is 3.39. The van der Waals surface area contributed by atoms with E-state index in [0.29, 0.717) is 4.47 Å². The van der Waals surface area contributed by atoms with E-state index in [1.54, 1.807) is 6.07 Å². The summed E-state index contributed by atoms with van der Waals surface area (Å²) in [5, 5.41) is 10.6. The van der Waals surface area contributed by atoms with Crippen molar-refractivity contribution in [2.75, 3.05) is 6.26 Å². The second-order valence-electron chi connectivity index (χ2n) is 2.56. The van der Waals surface area contributed by atoms with Crippen LogP contribution in [0.5, 0.6) is 0 Å². The maximum absolute atomic E-state index is 10.6. The van der Waals surface area contributed by atoms with E-state index in [1.807, 2.05) is 19.2 Å². The van der Waals surface area contributed by atoms with E-state index >= 15 is 0 Å². The Kier molecular flexibility index (Phi) is 3.33. The Bertz CT molecular complexity index is 354. The lowest BCUT2D eigenvalue weighted by molar-refractivity contribution is -0.385. The number of hydrogen-bond acceptors (Lipinski definition) is 3. The zero-order chi connectivity index (χ0) is 10.0. The van der Waals surface area contributed by atoms with Crippen molar-refractivity contribution < 1.29 is 4.92 Å². The summed E-state index contributed by atoms with van der Waals surface area (Å²) in [4.78, 5) is 11.1. The highest BCUT2D eigenvalue weighted by Crippen LogP contribution is 2.34. The van der Waals surface area contributed by atoms with Crippen molar-refractivity contribution in [2.45, 2.75) is 11.8 Å². The number of halogens is 1. The molecule has 3 nitrogen and oxygen atoms in total. The lowest BCUT2D eigenvalue weighted by Crippen LogP contribution is -1.91. The van der Waals surface area contributed by atoms with E-state index in [1.165, 1.54) is 11.8 Å². The van der Waals surface area contributed by atoms with Gasteiger partial charge in [0.05, 0.1) is 4.92 Å². The summed E-state index contributed by atoms with van der Waals surface area (Å²) in [5.74, 6) is 0. The van der Waals surface area contributed by atoms with Crippen LogP contribution in [0, 0.1) is 17.0 Å². The van der Waals surface area contributed by atoms with E-state index < -0.39 is 0 Å². The summed E-state index contributed by atoms with van der Waals surface area (Å²) in [5.41, 5.74) is 1.03. The highest BCUT2D eigenvalue weighted by molar-refractivity contribution is 9.10. The quantitative estimate of drug-likeness (QED) is 0.466. The highest BCUT2D eigenvalue weighted by atomic mass is 79.9. The summed E-state index contributed by atoms with van der Waals surface area (Å²) in [6.07, 6.45) is 1.89. The molecule has 0 heterocycles. The molecular weight excluding hydrogens is 254 g/mol. The molecular formula is C8H8BrNO2S. The van der Waals surface area contributed by atoms with Crippen LogP contribution in [-0.2, 0) is 0 Å². The first-order valence-electron chi connectivity index (χ1n) is 3.54. The van der Waals surface area contributed by atoms with Gasteiger partial charge >= 0.3 is 0 Å². The first-order valence-corrected chi connectivity index (χ1v) is 5.56. The highest BCUT2D eigenvalue weighted by Gasteiger charge is 2.15. The fourth-order valence-electron chi connectivity index (χ4n) is 0.998. The molecule has 5 heteroatoms. The number of nitro benzene ring substituents is 1. The molecule has 0 aliphatic rings. The molecule has 0 fully saturated rings. The summed E-state index contributed by atoms with van der Waals surface area (Å²) in [6.45, 7) is 1.85. The van der Waals surface area contributed by atoms with Gasteiger partial charge in [-0.3, -0.25) is 10.1 Å². The molecule has 1 aromatic carbocycles. The van der Waals surface area contributed by atoms with Gasteiger partial charge in [-0.25, -0.2) is 0 Å². The number of hydrogen-bond donors (Lipinski definition) is 0. The van der Waals surface area contributed by atoms with E-state index in [2.05, 4.69) is 15.9 Å². The van der Waals surface area contributed by atoms with Gasteiger partial charge in [-0.05, 0) is 40.7 Å². The van der Waals surface area contributed by atoms with Crippen molar-refractivity contribution in [3.63, 3.8) is 0 Å². The molecule has 0 aromatic heterocycles. The van der Waals surface area contributed by atoms with Crippen molar-refractivity contribution in [3.05, 3.63) is 32.3 Å². The first-order chi connectivity index (χ1) is 6.06. The van der Waals surface area contributed by atoms with Gasteiger partial charge in [0.1, 0.15) is 4.47 Å². The molecule has 0 spiro atoms. The molecule has 0 bridgehead atoms. The standard InChI is InChI=1S/C8H8BrNO2S/c1-5-3-6(10(11)12)8(9)7(4-5)13-2/h3-4H,1-2H3. The molecule has 0 aliphatic carbocycles. The van der Waals surface area contributed by atoms with Gasteiger partial charge in [0.2, 0.25) is 0 Å². The lowest BCUT2D eigenvalue weighted by atomic mass is 10.2. The van der Waals surface area contributed by atoms with Crippen LogP contribution in [-0.4, -0.2) is 11.2 Å². The average Bonchev–Trinajstić information content (AvgIpc) is 2.08. The molecule has 0 unspecified atom stereocenters. The SMILES string of the molecule is CSc1cc(C)cc([N+](=O)[O-])c1Br. The monoisotopic (exact) mass is 261 g/mol. The van der Waals surface area contributed by atoms with Crippen LogP contribution in [0.1, 0.15) is 5.56 Å². The molecule has 0 aliphatic heterocycles. The Hall–Kier alpha value is -0.550. The third-order valence-corrected chi connectivity index (χ3v) is 3.44. The summed E-state index contributed by atoms with van der Waals surface area (Å²) >= 11 is 4.70. The van der Waals surface area contributed by atoms with Gasteiger partial charge in [-0.15, -0.1) is 11.8 Å². The number of aryl methyl sites for hydroxylation is 1. The number of rotatable bonds is 2. The Morgan fingerprint density at radius 2 is 2.15 bits per heavy atom. The maximum Gasteiger partial charge on any atom is 0.284 e. The summed E-state index contributed by atoms with van der Waals surface area (Å²) < 4.78 is 0.565. The second kappa shape index (κ2) is 4.11. The largest absolute Gasteiger partial charge is 0.284 e. The summed E-state index contributed by atoms with van der Waals surface area (Å²) in [7, 11) is 0. The van der Waals surface area contributed by atoms with Crippen molar-refractivity contribution in [1.82, 2.24) is 0 Å². The molecule has 0 saturated heterocycles. The number of thioether (sulfide) groups is 1. The van der Waals surface area contributed by atoms with Crippen LogP contribution in [0.25, 0.3) is 0 Å². The van der Waals surface area contributed by atoms with E-state index in [-0.39, 0.29) is 10.6 Å². The van der Waals surface area contributed by atoms with Crippen LogP contribution in [0.15, 0.2) is 21.5 Å². The molecule has 13 heavy (non-hydrogen) atoms. The fraction of sp³-hybridized carbons (Fsp3) is 0.250. The minimum absolute atomic E-state index is 0.129. The normalized spacial score (nSPS) is 10.1. The Morgan fingerprint density at radius 1 is 1.54 bits per heavy atom. The van der Waals surface area contributed by atoms with Gasteiger partial charge in [-0.1, -0.05) is 0 Å². The fourth-order valence-corrected chi connectivity index (χ4v) is 2.45. The molecule has 0 atom stereocenters. The second-order valence-corrected chi connectivity index (χ2v) is 4.20. The molecule has 0 N–H and O–H groups in total. The van der Waals surface area contributed by atoms with Crippen LogP contribution >= 0.6 is 27.7 Å². The predicted molar refractivity (Wildman–Crippen MR) is 57.3 cm³/mol. The first kappa shape index (κ1) is 10.5. The van der Waals surface area contributed by atoms with Crippen LogP contribution in [0.2, 0.25) is 0 Å². The topological polar surface area (TPSA) is 43.1 Å². The number of nitrogens with zero attached hydrogens (tertiary/aromatic N) is 1. The van der Waals surface area contributed by atoms with Gasteiger partial charge < -0.3 is 0 Å². The van der Waals surface area contributed by atoms with Gasteiger partial charge in [0.25, 0.3) is 5.69 Å². The zero-order valence-electron chi connectivity index (χ0n) is 7.20. The minimum Gasteiger partial charge on any atom is -0.258 e. The van der Waals surface area contributed by atoms with Crippen molar-refractivity contribution in [2.24, 2.45) is 0 Å². The van der Waals surface area contributed by atoms with Crippen molar-refractivity contribution >= 4 is 33.4 Å². The van der Waals surface area contributed by atoms with Gasteiger partial charge in [-0.2, -0.15) is 0 Å². The maximum atomic E-state index is 10.6. The smallest absolute Gasteiger partial charge is 0.258 e. The number of nitro groups is 1. The van der Waals surface area contributed by atoms with E-state index in [0.717, 1.165) is 10.5 Å². The Labute approximate surface area is 88.8 Å². The Balaban J connectivity index is 3.35. The molecule has 1 aromatic rings. The van der Waals surface area contributed by atoms with Crippen LogP contribution < -0.4 is 0 Å². The third-order valence-electron chi connectivity index (χ3n) is 1.58. The van der Waals surface area contributed by atoms with Crippen molar-refractivity contribution in [1.29, 1.82) is 0 Å². The van der Waals surface area contributed by atoms with Crippen LogP contribution in [0.3, 0.4) is 0 Å². The van der Waals surface area contributed by atoms with E-state index in [4.69, 9.17) is 0 Å². The molecule has 70 valence electrons. The molecule has 0 saturated carbocycles. The van der Waals surface area contributed by atoms with Gasteiger partial charge in [0, 0.05) is 11.0 Å². The molecule has 0 amide bonds. The van der Waals surface area contributed by atoms with E-state index in [9.17, 15) is 10.1 Å². The number of benzene rings is 1. The minimum atomic E-state index is -0.378. The van der Waals surface area contributed by atoms with Crippen LogP contribution in [0.4, 0.5) is 5.69 Å². The molecule has 1 rings (SSSR count).